The fraction of sp³-hybridized carbons (Fsp3) is 0.467. The standard InChI is InChI=1S/C30H38N4O6/c1-30(2,3)40-28(37)31-24-19-33(29(38)39-20-21-11-7-5-8-12-21)18-17-23-15-16-25(34(23)26(24)35)27(36)32(4)22-13-9-6-10-14-22/h5-14,23-25H,15-20H2,1-4H3,(H,31,37)/t23-,24+,25+/m1/s1. The van der Waals surface area contributed by atoms with Crippen LogP contribution in [0.4, 0.5) is 15.3 Å². The molecule has 10 heteroatoms. The van der Waals surface area contributed by atoms with E-state index in [9.17, 15) is 19.2 Å². The summed E-state index contributed by atoms with van der Waals surface area (Å²) in [5.74, 6) is -0.619. The molecule has 2 aliphatic heterocycles. The molecule has 2 fully saturated rings. The molecule has 3 atom stereocenters. The lowest BCUT2D eigenvalue weighted by molar-refractivity contribution is -0.142. The Balaban J connectivity index is 1.54. The van der Waals surface area contributed by atoms with Crippen molar-refractivity contribution in [2.24, 2.45) is 0 Å². The number of carbonyl (C=O) groups excluding carboxylic acids is 4. The third kappa shape index (κ3) is 7.11. The van der Waals surface area contributed by atoms with Crippen molar-refractivity contribution in [3.8, 4) is 0 Å². The minimum Gasteiger partial charge on any atom is -0.445 e. The van der Waals surface area contributed by atoms with Crippen molar-refractivity contribution in [3.05, 3.63) is 66.2 Å². The Morgan fingerprint density at radius 1 is 0.975 bits per heavy atom. The summed E-state index contributed by atoms with van der Waals surface area (Å²) >= 11 is 0. The van der Waals surface area contributed by atoms with Gasteiger partial charge in [0.15, 0.2) is 0 Å². The van der Waals surface area contributed by atoms with Crippen molar-refractivity contribution in [2.45, 2.75) is 70.4 Å². The summed E-state index contributed by atoms with van der Waals surface area (Å²) in [7, 11) is 1.69. The molecule has 2 saturated heterocycles. The fourth-order valence-corrected chi connectivity index (χ4v) is 5.15. The lowest BCUT2D eigenvalue weighted by Gasteiger charge is -2.39. The Morgan fingerprint density at radius 3 is 2.27 bits per heavy atom. The zero-order valence-corrected chi connectivity index (χ0v) is 23.5. The van der Waals surface area contributed by atoms with Crippen molar-refractivity contribution in [3.63, 3.8) is 0 Å². The van der Waals surface area contributed by atoms with Crippen molar-refractivity contribution in [2.75, 3.05) is 25.0 Å². The second-order valence-electron chi connectivity index (χ2n) is 11.2. The number of nitrogens with one attached hydrogen (secondary N) is 1. The van der Waals surface area contributed by atoms with Crippen LogP contribution in [0.15, 0.2) is 60.7 Å². The van der Waals surface area contributed by atoms with Crippen LogP contribution in [0.3, 0.4) is 0 Å². The number of alkyl carbamates (subject to hydrolysis) is 1. The molecule has 10 nitrogen and oxygen atoms in total. The highest BCUT2D eigenvalue weighted by Gasteiger charge is 2.46. The van der Waals surface area contributed by atoms with Crippen molar-refractivity contribution >= 4 is 29.7 Å². The number of nitrogens with zero attached hydrogens (tertiary/aromatic N) is 3. The average molecular weight is 551 g/mol. The zero-order valence-electron chi connectivity index (χ0n) is 23.5. The van der Waals surface area contributed by atoms with E-state index in [0.29, 0.717) is 25.8 Å². The largest absolute Gasteiger partial charge is 0.445 e. The number of anilines is 1. The molecule has 0 unspecified atom stereocenters. The van der Waals surface area contributed by atoms with Crippen LogP contribution in [0.25, 0.3) is 0 Å². The van der Waals surface area contributed by atoms with Crippen LogP contribution in [0.1, 0.15) is 45.6 Å². The summed E-state index contributed by atoms with van der Waals surface area (Å²) in [6.07, 6.45) is 0.241. The summed E-state index contributed by atoms with van der Waals surface area (Å²) < 4.78 is 11.0. The summed E-state index contributed by atoms with van der Waals surface area (Å²) in [6.45, 7) is 5.47. The molecule has 2 aromatic carbocycles. The SMILES string of the molecule is CN(C(=O)[C@@H]1CC[C@@H]2CCN(C(=O)OCc3ccccc3)C[C@H](NC(=O)OC(C)(C)C)C(=O)N21)c1ccccc1. The Kier molecular flexibility index (Phi) is 8.96. The number of benzene rings is 2. The number of fused-ring (bicyclic) bond motifs is 1. The number of amides is 4. The van der Waals surface area contributed by atoms with E-state index >= 15 is 0 Å². The van der Waals surface area contributed by atoms with Gasteiger partial charge >= 0.3 is 12.2 Å². The van der Waals surface area contributed by atoms with Gasteiger partial charge in [-0.25, -0.2) is 9.59 Å². The summed E-state index contributed by atoms with van der Waals surface area (Å²) in [4.78, 5) is 58.0. The van der Waals surface area contributed by atoms with E-state index in [-0.39, 0.29) is 25.1 Å². The highest BCUT2D eigenvalue weighted by Crippen LogP contribution is 2.31. The van der Waals surface area contributed by atoms with E-state index in [2.05, 4.69) is 5.32 Å². The van der Waals surface area contributed by atoms with Crippen LogP contribution in [0, 0.1) is 0 Å². The molecule has 2 aromatic rings. The van der Waals surface area contributed by atoms with Gasteiger partial charge in [0, 0.05) is 25.3 Å². The van der Waals surface area contributed by atoms with Crippen LogP contribution < -0.4 is 10.2 Å². The van der Waals surface area contributed by atoms with Gasteiger partial charge < -0.3 is 29.5 Å². The molecule has 2 heterocycles. The Hall–Kier alpha value is -4.08. The number of likely N-dealkylation sites (N-methyl/N-ethyl adjacent to an activating group) is 1. The minimum atomic E-state index is -1.11. The lowest BCUT2D eigenvalue weighted by atomic mass is 10.1. The third-order valence-electron chi connectivity index (χ3n) is 7.10. The molecule has 214 valence electrons. The molecule has 0 aromatic heterocycles. The number of para-hydroxylation sites is 1. The molecular weight excluding hydrogens is 512 g/mol. The second-order valence-corrected chi connectivity index (χ2v) is 11.2. The smallest absolute Gasteiger partial charge is 0.410 e. The maximum absolute atomic E-state index is 14.0. The number of carbonyl (C=O) groups is 4. The van der Waals surface area contributed by atoms with Gasteiger partial charge in [0.25, 0.3) is 0 Å². The third-order valence-corrected chi connectivity index (χ3v) is 7.10. The normalized spacial score (nSPS) is 21.1. The van der Waals surface area contributed by atoms with Crippen LogP contribution in [-0.2, 0) is 25.7 Å². The number of rotatable bonds is 5. The first-order valence-corrected chi connectivity index (χ1v) is 13.6. The predicted molar refractivity (Wildman–Crippen MR) is 149 cm³/mol. The van der Waals surface area contributed by atoms with Crippen LogP contribution in [0.5, 0.6) is 0 Å². The second kappa shape index (κ2) is 12.4. The van der Waals surface area contributed by atoms with Gasteiger partial charge in [-0.3, -0.25) is 9.59 Å². The number of ether oxygens (including phenoxy) is 2. The van der Waals surface area contributed by atoms with Crippen molar-refractivity contribution in [1.29, 1.82) is 0 Å². The molecule has 0 saturated carbocycles. The number of hydrogen-bond donors (Lipinski definition) is 1. The van der Waals surface area contributed by atoms with E-state index in [1.807, 2.05) is 60.7 Å². The molecule has 0 radical (unpaired) electrons. The Morgan fingerprint density at radius 2 is 1.62 bits per heavy atom. The minimum absolute atomic E-state index is 0.0895. The maximum Gasteiger partial charge on any atom is 0.410 e. The molecular formula is C30H38N4O6. The van der Waals surface area contributed by atoms with E-state index < -0.39 is 35.8 Å². The van der Waals surface area contributed by atoms with E-state index in [1.165, 1.54) is 4.90 Å². The van der Waals surface area contributed by atoms with E-state index in [1.54, 1.807) is 37.6 Å². The van der Waals surface area contributed by atoms with Gasteiger partial charge in [0.1, 0.15) is 24.3 Å². The zero-order chi connectivity index (χ0) is 28.9. The Labute approximate surface area is 235 Å². The highest BCUT2D eigenvalue weighted by molar-refractivity contribution is 6.00. The first-order valence-electron chi connectivity index (χ1n) is 13.6. The Bertz CT molecular complexity index is 1200. The topological polar surface area (TPSA) is 108 Å². The molecule has 0 spiro atoms. The van der Waals surface area contributed by atoms with Gasteiger partial charge in [-0.2, -0.15) is 0 Å². The van der Waals surface area contributed by atoms with Crippen LogP contribution >= 0.6 is 0 Å². The molecule has 0 bridgehead atoms. The highest BCUT2D eigenvalue weighted by atomic mass is 16.6. The lowest BCUT2D eigenvalue weighted by Crippen LogP contribution is -2.61. The van der Waals surface area contributed by atoms with Crippen molar-refractivity contribution in [1.82, 2.24) is 15.1 Å². The molecule has 4 rings (SSSR count). The predicted octanol–water partition coefficient (Wildman–Crippen LogP) is 3.94. The summed E-state index contributed by atoms with van der Waals surface area (Å²) in [5.41, 5.74) is 0.787. The molecule has 0 aliphatic carbocycles. The first kappa shape index (κ1) is 28.9. The first-order chi connectivity index (χ1) is 19.0. The van der Waals surface area contributed by atoms with Gasteiger partial charge in [0.05, 0.1) is 6.54 Å². The average Bonchev–Trinajstić information content (AvgIpc) is 3.34. The van der Waals surface area contributed by atoms with Gasteiger partial charge in [-0.15, -0.1) is 0 Å². The molecule has 2 aliphatic rings. The van der Waals surface area contributed by atoms with Gasteiger partial charge in [-0.1, -0.05) is 48.5 Å². The summed E-state index contributed by atoms with van der Waals surface area (Å²) in [5, 5.41) is 2.66. The monoisotopic (exact) mass is 550 g/mol. The summed E-state index contributed by atoms with van der Waals surface area (Å²) in [6, 6.07) is 16.5. The van der Waals surface area contributed by atoms with Crippen LogP contribution in [-0.4, -0.2) is 77.7 Å². The molecule has 1 N–H and O–H groups in total. The quantitative estimate of drug-likeness (QED) is 0.604. The molecule has 40 heavy (non-hydrogen) atoms. The fourth-order valence-electron chi connectivity index (χ4n) is 5.15. The molecule has 4 amide bonds. The van der Waals surface area contributed by atoms with E-state index in [0.717, 1.165) is 11.3 Å². The van der Waals surface area contributed by atoms with Gasteiger partial charge in [-0.05, 0) is 57.7 Å². The number of hydrogen-bond acceptors (Lipinski definition) is 6. The van der Waals surface area contributed by atoms with Crippen molar-refractivity contribution < 1.29 is 28.7 Å². The maximum atomic E-state index is 14.0. The van der Waals surface area contributed by atoms with E-state index in [4.69, 9.17) is 9.47 Å². The van der Waals surface area contributed by atoms with Crippen LogP contribution in [0.2, 0.25) is 0 Å². The van der Waals surface area contributed by atoms with Gasteiger partial charge in [0.2, 0.25) is 11.8 Å².